The van der Waals surface area contributed by atoms with E-state index in [1.54, 1.807) is 25.6 Å². The van der Waals surface area contributed by atoms with Gasteiger partial charge >= 0.3 is 0 Å². The van der Waals surface area contributed by atoms with Gasteiger partial charge in [0.05, 0.1) is 7.11 Å². The van der Waals surface area contributed by atoms with Gasteiger partial charge in [-0.3, -0.25) is 4.79 Å². The Balaban J connectivity index is 1.56. The van der Waals surface area contributed by atoms with Gasteiger partial charge in [-0.05, 0) is 36.9 Å². The third kappa shape index (κ3) is 4.38. The van der Waals surface area contributed by atoms with Crippen LogP contribution >= 0.6 is 0 Å². The van der Waals surface area contributed by atoms with Crippen LogP contribution in [0.1, 0.15) is 0 Å². The molecule has 1 fully saturated rings. The van der Waals surface area contributed by atoms with Crippen molar-refractivity contribution in [1.82, 2.24) is 19.9 Å². The number of hydrogen-bond donors (Lipinski definition) is 2. The SMILES string of the molecule is COc1ccc(-c2c[nH]c(=O)c(Nc3ccnc(N4CCN(C)CC4)n3)c2)cc1. The molecule has 8 nitrogen and oxygen atoms in total. The number of aromatic nitrogens is 3. The summed E-state index contributed by atoms with van der Waals surface area (Å²) in [5.74, 6) is 2.05. The second-order valence-electron chi connectivity index (χ2n) is 7.02. The summed E-state index contributed by atoms with van der Waals surface area (Å²) in [6.07, 6.45) is 3.41. The molecule has 0 amide bonds. The van der Waals surface area contributed by atoms with Crippen molar-refractivity contribution in [2.75, 3.05) is 50.6 Å². The normalized spacial score (nSPS) is 14.6. The fourth-order valence-corrected chi connectivity index (χ4v) is 3.24. The Bertz CT molecular complexity index is 1030. The van der Waals surface area contributed by atoms with Crippen LogP contribution in [0.2, 0.25) is 0 Å². The van der Waals surface area contributed by atoms with Crippen molar-refractivity contribution in [2.24, 2.45) is 0 Å². The van der Waals surface area contributed by atoms with E-state index in [9.17, 15) is 4.79 Å². The highest BCUT2D eigenvalue weighted by atomic mass is 16.5. The van der Waals surface area contributed by atoms with Gasteiger partial charge in [-0.15, -0.1) is 0 Å². The molecule has 1 aromatic carbocycles. The van der Waals surface area contributed by atoms with Gasteiger partial charge in [-0.2, -0.15) is 4.98 Å². The molecule has 1 aliphatic heterocycles. The highest BCUT2D eigenvalue weighted by Crippen LogP contribution is 2.24. The maximum Gasteiger partial charge on any atom is 0.271 e. The highest BCUT2D eigenvalue weighted by molar-refractivity contribution is 5.69. The summed E-state index contributed by atoms with van der Waals surface area (Å²) in [5.41, 5.74) is 2.09. The van der Waals surface area contributed by atoms with E-state index in [0.29, 0.717) is 17.5 Å². The maximum absolute atomic E-state index is 12.3. The average molecular weight is 392 g/mol. The molecule has 150 valence electrons. The van der Waals surface area contributed by atoms with Crippen molar-refractivity contribution in [3.8, 4) is 16.9 Å². The standard InChI is InChI=1S/C21H24N6O2/c1-26-9-11-27(12-10-26)21-22-8-7-19(25-21)24-18-13-16(14-23-20(18)28)15-3-5-17(29-2)6-4-15/h3-8,13-14H,9-12H2,1-2H3,(H,23,28)(H,22,24,25). The first-order valence-corrected chi connectivity index (χ1v) is 9.53. The Morgan fingerprint density at radius 2 is 1.83 bits per heavy atom. The Morgan fingerprint density at radius 1 is 1.07 bits per heavy atom. The van der Waals surface area contributed by atoms with Crippen molar-refractivity contribution in [3.63, 3.8) is 0 Å². The molecular weight excluding hydrogens is 368 g/mol. The van der Waals surface area contributed by atoms with Crippen LogP contribution in [0.25, 0.3) is 11.1 Å². The van der Waals surface area contributed by atoms with Crippen LogP contribution in [-0.2, 0) is 0 Å². The van der Waals surface area contributed by atoms with Gasteiger partial charge in [-0.1, -0.05) is 12.1 Å². The van der Waals surface area contributed by atoms with E-state index in [0.717, 1.165) is 43.1 Å². The van der Waals surface area contributed by atoms with Crippen LogP contribution in [0.15, 0.2) is 53.6 Å². The smallest absolute Gasteiger partial charge is 0.271 e. The van der Waals surface area contributed by atoms with Crippen LogP contribution < -0.4 is 20.5 Å². The molecule has 0 bridgehead atoms. The summed E-state index contributed by atoms with van der Waals surface area (Å²) in [7, 11) is 3.74. The number of piperazine rings is 1. The van der Waals surface area contributed by atoms with E-state index in [1.165, 1.54) is 0 Å². The third-order valence-corrected chi connectivity index (χ3v) is 5.02. The molecule has 0 radical (unpaired) electrons. The molecule has 0 spiro atoms. The zero-order valence-electron chi connectivity index (χ0n) is 16.6. The minimum Gasteiger partial charge on any atom is -0.497 e. The lowest BCUT2D eigenvalue weighted by molar-refractivity contribution is 0.311. The number of pyridine rings is 1. The van der Waals surface area contributed by atoms with Gasteiger partial charge in [0, 0.05) is 44.1 Å². The van der Waals surface area contributed by atoms with Crippen molar-refractivity contribution < 1.29 is 4.74 Å². The molecule has 4 rings (SSSR count). The Labute approximate surface area is 169 Å². The van der Waals surface area contributed by atoms with Crippen LogP contribution in [0.4, 0.5) is 17.5 Å². The molecule has 2 N–H and O–H groups in total. The predicted octanol–water partition coefficient (Wildman–Crippen LogP) is 2.34. The lowest BCUT2D eigenvalue weighted by Crippen LogP contribution is -2.45. The van der Waals surface area contributed by atoms with E-state index in [4.69, 9.17) is 4.74 Å². The first-order valence-electron chi connectivity index (χ1n) is 9.53. The average Bonchev–Trinajstić information content (AvgIpc) is 2.76. The number of anilines is 3. The zero-order chi connectivity index (χ0) is 20.2. The fraction of sp³-hybridized carbons (Fsp3) is 0.286. The first kappa shape index (κ1) is 18.9. The maximum atomic E-state index is 12.3. The van der Waals surface area contributed by atoms with Crippen molar-refractivity contribution in [2.45, 2.75) is 0 Å². The van der Waals surface area contributed by atoms with Gasteiger partial charge < -0.3 is 24.8 Å². The van der Waals surface area contributed by atoms with Gasteiger partial charge in [0.1, 0.15) is 17.3 Å². The fourth-order valence-electron chi connectivity index (χ4n) is 3.24. The number of methoxy groups -OCH3 is 1. The monoisotopic (exact) mass is 392 g/mol. The summed E-state index contributed by atoms with van der Waals surface area (Å²) < 4.78 is 5.20. The molecule has 0 unspecified atom stereocenters. The Morgan fingerprint density at radius 3 is 2.55 bits per heavy atom. The molecule has 1 aliphatic rings. The lowest BCUT2D eigenvalue weighted by atomic mass is 10.1. The minimum atomic E-state index is -0.206. The Kier molecular flexibility index (Phi) is 5.44. The third-order valence-electron chi connectivity index (χ3n) is 5.02. The van der Waals surface area contributed by atoms with E-state index >= 15 is 0 Å². The van der Waals surface area contributed by atoms with Gasteiger partial charge in [-0.25, -0.2) is 4.98 Å². The summed E-state index contributed by atoms with van der Waals surface area (Å²) in [6.45, 7) is 3.72. The number of aromatic amines is 1. The number of rotatable bonds is 5. The highest BCUT2D eigenvalue weighted by Gasteiger charge is 2.17. The van der Waals surface area contributed by atoms with Gasteiger partial charge in [0.25, 0.3) is 5.56 Å². The van der Waals surface area contributed by atoms with Gasteiger partial charge in [0.2, 0.25) is 5.95 Å². The number of hydrogen-bond acceptors (Lipinski definition) is 7. The quantitative estimate of drug-likeness (QED) is 0.689. The number of nitrogens with zero attached hydrogens (tertiary/aromatic N) is 4. The molecule has 1 saturated heterocycles. The summed E-state index contributed by atoms with van der Waals surface area (Å²) in [4.78, 5) is 28.6. The molecule has 0 atom stereocenters. The molecule has 0 aliphatic carbocycles. The summed E-state index contributed by atoms with van der Waals surface area (Å²) >= 11 is 0. The molecule has 2 aromatic heterocycles. The number of H-pyrrole nitrogens is 1. The molecule has 8 heteroatoms. The number of benzene rings is 1. The number of likely N-dealkylation sites (N-methyl/N-ethyl adjacent to an activating group) is 1. The lowest BCUT2D eigenvalue weighted by Gasteiger charge is -2.32. The molecule has 3 heterocycles. The topological polar surface area (TPSA) is 86.4 Å². The van der Waals surface area contributed by atoms with Crippen LogP contribution in [-0.4, -0.2) is 60.2 Å². The zero-order valence-corrected chi connectivity index (χ0v) is 16.6. The van der Waals surface area contributed by atoms with Crippen molar-refractivity contribution >= 4 is 17.5 Å². The largest absolute Gasteiger partial charge is 0.497 e. The molecule has 29 heavy (non-hydrogen) atoms. The van der Waals surface area contributed by atoms with E-state index in [-0.39, 0.29) is 5.56 Å². The van der Waals surface area contributed by atoms with Crippen molar-refractivity contribution in [3.05, 3.63) is 59.1 Å². The number of nitrogens with one attached hydrogen (secondary N) is 2. The van der Waals surface area contributed by atoms with E-state index in [1.807, 2.05) is 30.3 Å². The molecule has 3 aromatic rings. The number of ether oxygens (including phenoxy) is 1. The van der Waals surface area contributed by atoms with E-state index < -0.39 is 0 Å². The Hall–Kier alpha value is -3.39. The van der Waals surface area contributed by atoms with Crippen molar-refractivity contribution in [1.29, 1.82) is 0 Å². The summed E-state index contributed by atoms with van der Waals surface area (Å²) in [6, 6.07) is 11.3. The van der Waals surface area contributed by atoms with Crippen LogP contribution in [0.5, 0.6) is 5.75 Å². The second-order valence-corrected chi connectivity index (χ2v) is 7.02. The molecular formula is C21H24N6O2. The first-order chi connectivity index (χ1) is 14.1. The predicted molar refractivity (Wildman–Crippen MR) is 114 cm³/mol. The van der Waals surface area contributed by atoms with E-state index in [2.05, 4.69) is 37.1 Å². The molecule has 0 saturated carbocycles. The van der Waals surface area contributed by atoms with Crippen LogP contribution in [0.3, 0.4) is 0 Å². The second kappa shape index (κ2) is 8.32. The van der Waals surface area contributed by atoms with Gasteiger partial charge in [0.15, 0.2) is 0 Å². The summed E-state index contributed by atoms with van der Waals surface area (Å²) in [5, 5.41) is 3.14. The minimum absolute atomic E-state index is 0.206. The van der Waals surface area contributed by atoms with Crippen LogP contribution in [0, 0.1) is 0 Å².